The van der Waals surface area contributed by atoms with Gasteiger partial charge in [-0.05, 0) is 67.2 Å². The van der Waals surface area contributed by atoms with E-state index < -0.39 is 18.1 Å². The van der Waals surface area contributed by atoms with Crippen molar-refractivity contribution >= 4 is 18.0 Å². The van der Waals surface area contributed by atoms with Gasteiger partial charge in [0.15, 0.2) is 0 Å². The van der Waals surface area contributed by atoms with Crippen LogP contribution in [-0.2, 0) is 14.3 Å². The molecule has 5 rings (SSSR count). The SMILES string of the molecule is O=C(NC1CCC(C(=O)N2CCCC[C@H]2C(=O)O)CC1)OCC1c2ccccc2-c2ccccc21. The van der Waals surface area contributed by atoms with Crippen LogP contribution in [0.3, 0.4) is 0 Å². The maximum atomic E-state index is 13.0. The van der Waals surface area contributed by atoms with Crippen LogP contribution < -0.4 is 5.32 Å². The van der Waals surface area contributed by atoms with Crippen LogP contribution in [0.4, 0.5) is 4.79 Å². The standard InChI is InChI=1S/C28H32N2O5/c31-26(30-16-6-5-11-25(30)27(32)33)18-12-14-19(15-13-18)29-28(34)35-17-24-22-9-3-1-7-20(22)21-8-2-4-10-23(21)24/h1-4,7-10,18-19,24-25H,5-6,11-17H2,(H,29,34)(H,32,33)/t18?,19?,25-/m0/s1. The second kappa shape index (κ2) is 10.1. The first-order valence-corrected chi connectivity index (χ1v) is 12.7. The highest BCUT2D eigenvalue weighted by molar-refractivity contribution is 5.85. The van der Waals surface area contributed by atoms with Gasteiger partial charge in [-0.25, -0.2) is 9.59 Å². The van der Waals surface area contributed by atoms with E-state index >= 15 is 0 Å². The fourth-order valence-corrected chi connectivity index (χ4v) is 5.98. The van der Waals surface area contributed by atoms with Crippen molar-refractivity contribution in [2.45, 2.75) is 62.9 Å². The van der Waals surface area contributed by atoms with Crippen LogP contribution in [0.15, 0.2) is 48.5 Å². The number of carbonyl (C=O) groups excluding carboxylic acids is 2. The van der Waals surface area contributed by atoms with Crippen molar-refractivity contribution in [2.24, 2.45) is 5.92 Å². The molecule has 184 valence electrons. The number of carbonyl (C=O) groups is 3. The zero-order valence-electron chi connectivity index (χ0n) is 19.8. The average molecular weight is 477 g/mol. The number of fused-ring (bicyclic) bond motifs is 3. The van der Waals surface area contributed by atoms with Gasteiger partial charge in [0.25, 0.3) is 0 Å². The lowest BCUT2D eigenvalue weighted by atomic mass is 9.84. The van der Waals surface area contributed by atoms with Gasteiger partial charge in [-0.2, -0.15) is 0 Å². The van der Waals surface area contributed by atoms with E-state index in [1.54, 1.807) is 4.90 Å². The molecule has 2 aromatic rings. The molecule has 0 radical (unpaired) electrons. The highest BCUT2D eigenvalue weighted by atomic mass is 16.5. The molecule has 0 unspecified atom stereocenters. The van der Waals surface area contributed by atoms with Crippen LogP contribution in [0.25, 0.3) is 11.1 Å². The summed E-state index contributed by atoms with van der Waals surface area (Å²) < 4.78 is 5.66. The molecular formula is C28H32N2O5. The van der Waals surface area contributed by atoms with Crippen LogP contribution in [0.5, 0.6) is 0 Å². The molecule has 3 aliphatic rings. The summed E-state index contributed by atoms with van der Waals surface area (Å²) in [5.74, 6) is -1.11. The quantitative estimate of drug-likeness (QED) is 0.660. The number of ether oxygens (including phenoxy) is 1. The van der Waals surface area contributed by atoms with E-state index in [-0.39, 0.29) is 30.4 Å². The monoisotopic (exact) mass is 476 g/mol. The number of alkyl carbamates (subject to hydrolysis) is 1. The third-order valence-corrected chi connectivity index (χ3v) is 7.81. The van der Waals surface area contributed by atoms with Gasteiger partial charge >= 0.3 is 12.1 Å². The van der Waals surface area contributed by atoms with Crippen molar-refractivity contribution < 1.29 is 24.2 Å². The van der Waals surface area contributed by atoms with Crippen LogP contribution in [0, 0.1) is 5.92 Å². The van der Waals surface area contributed by atoms with E-state index in [9.17, 15) is 19.5 Å². The largest absolute Gasteiger partial charge is 0.480 e. The van der Waals surface area contributed by atoms with E-state index in [2.05, 4.69) is 29.6 Å². The van der Waals surface area contributed by atoms with E-state index in [4.69, 9.17) is 4.74 Å². The van der Waals surface area contributed by atoms with Gasteiger partial charge < -0.3 is 20.1 Å². The Labute approximate surface area is 205 Å². The zero-order chi connectivity index (χ0) is 24.4. The Morgan fingerprint density at radius 2 is 1.51 bits per heavy atom. The zero-order valence-corrected chi connectivity index (χ0v) is 19.8. The van der Waals surface area contributed by atoms with Gasteiger partial charge in [0.05, 0.1) is 0 Å². The van der Waals surface area contributed by atoms with Crippen LogP contribution in [0.1, 0.15) is 62.0 Å². The fraction of sp³-hybridized carbons (Fsp3) is 0.464. The number of hydrogen-bond donors (Lipinski definition) is 2. The van der Waals surface area contributed by atoms with Gasteiger partial charge in [0.1, 0.15) is 12.6 Å². The molecule has 2 aliphatic carbocycles. The Morgan fingerprint density at radius 1 is 0.886 bits per heavy atom. The number of amides is 2. The summed E-state index contributed by atoms with van der Waals surface area (Å²) >= 11 is 0. The van der Waals surface area contributed by atoms with E-state index in [0.717, 1.165) is 12.8 Å². The summed E-state index contributed by atoms with van der Waals surface area (Å²) in [5, 5.41) is 12.5. The summed E-state index contributed by atoms with van der Waals surface area (Å²) in [6.07, 6.45) is 4.47. The lowest BCUT2D eigenvalue weighted by molar-refractivity contribution is -0.154. The molecule has 35 heavy (non-hydrogen) atoms. The number of rotatable bonds is 5. The van der Waals surface area contributed by atoms with Crippen molar-refractivity contribution in [1.82, 2.24) is 10.2 Å². The maximum Gasteiger partial charge on any atom is 0.407 e. The molecule has 1 atom stereocenters. The molecule has 2 aromatic carbocycles. The summed E-state index contributed by atoms with van der Waals surface area (Å²) in [6, 6.07) is 15.7. The highest BCUT2D eigenvalue weighted by Crippen LogP contribution is 2.44. The summed E-state index contributed by atoms with van der Waals surface area (Å²) in [7, 11) is 0. The Bertz CT molecular complexity index is 1060. The molecule has 2 amide bonds. The predicted molar refractivity (Wildman–Crippen MR) is 131 cm³/mol. The molecule has 0 aromatic heterocycles. The van der Waals surface area contributed by atoms with E-state index in [1.165, 1.54) is 22.3 Å². The molecule has 0 spiro atoms. The predicted octanol–water partition coefficient (Wildman–Crippen LogP) is 4.55. The summed E-state index contributed by atoms with van der Waals surface area (Å²) in [5.41, 5.74) is 4.74. The van der Waals surface area contributed by atoms with E-state index in [0.29, 0.717) is 38.6 Å². The second-order valence-corrected chi connectivity index (χ2v) is 9.90. The number of hydrogen-bond acceptors (Lipinski definition) is 4. The normalized spacial score (nSPS) is 23.8. The number of likely N-dealkylation sites (tertiary alicyclic amines) is 1. The first-order valence-electron chi connectivity index (χ1n) is 12.7. The molecule has 1 saturated carbocycles. The minimum absolute atomic E-state index is 0.0215. The molecule has 2 fully saturated rings. The number of nitrogens with zero attached hydrogens (tertiary/aromatic N) is 1. The van der Waals surface area contributed by atoms with Gasteiger partial charge in [-0.3, -0.25) is 4.79 Å². The molecule has 7 heteroatoms. The van der Waals surface area contributed by atoms with Gasteiger partial charge in [-0.1, -0.05) is 48.5 Å². The fourth-order valence-electron chi connectivity index (χ4n) is 5.98. The summed E-state index contributed by atoms with van der Waals surface area (Å²) in [6.45, 7) is 0.799. The lowest BCUT2D eigenvalue weighted by Crippen LogP contribution is -2.51. The van der Waals surface area contributed by atoms with Crippen molar-refractivity contribution in [3.8, 4) is 11.1 Å². The van der Waals surface area contributed by atoms with Crippen LogP contribution in [-0.4, -0.2) is 53.2 Å². The molecule has 2 N–H and O–H groups in total. The number of nitrogens with one attached hydrogen (secondary N) is 1. The summed E-state index contributed by atoms with van der Waals surface area (Å²) in [4.78, 5) is 38.7. The highest BCUT2D eigenvalue weighted by Gasteiger charge is 2.37. The van der Waals surface area contributed by atoms with Crippen molar-refractivity contribution in [3.05, 3.63) is 59.7 Å². The number of piperidine rings is 1. The number of carboxylic acids is 1. The molecule has 7 nitrogen and oxygen atoms in total. The number of benzene rings is 2. The van der Waals surface area contributed by atoms with Crippen LogP contribution in [0.2, 0.25) is 0 Å². The van der Waals surface area contributed by atoms with Gasteiger partial charge in [-0.15, -0.1) is 0 Å². The van der Waals surface area contributed by atoms with E-state index in [1.807, 2.05) is 24.3 Å². The minimum Gasteiger partial charge on any atom is -0.480 e. The Kier molecular flexibility index (Phi) is 6.75. The van der Waals surface area contributed by atoms with Crippen molar-refractivity contribution in [2.75, 3.05) is 13.2 Å². The Morgan fingerprint density at radius 3 is 2.14 bits per heavy atom. The number of carboxylic acid groups (broad SMARTS) is 1. The Hall–Kier alpha value is -3.35. The molecule has 1 heterocycles. The average Bonchev–Trinajstić information content (AvgIpc) is 3.21. The molecular weight excluding hydrogens is 444 g/mol. The minimum atomic E-state index is -0.913. The first-order chi connectivity index (χ1) is 17.0. The Balaban J connectivity index is 1.12. The van der Waals surface area contributed by atoms with Gasteiger partial charge in [0.2, 0.25) is 5.91 Å². The lowest BCUT2D eigenvalue weighted by Gasteiger charge is -2.37. The third-order valence-electron chi connectivity index (χ3n) is 7.81. The second-order valence-electron chi connectivity index (χ2n) is 9.90. The van der Waals surface area contributed by atoms with Crippen LogP contribution >= 0.6 is 0 Å². The topological polar surface area (TPSA) is 95.9 Å². The third kappa shape index (κ3) is 4.77. The maximum absolute atomic E-state index is 13.0. The molecule has 1 saturated heterocycles. The van der Waals surface area contributed by atoms with Crippen molar-refractivity contribution in [1.29, 1.82) is 0 Å². The molecule has 0 bridgehead atoms. The smallest absolute Gasteiger partial charge is 0.407 e. The first kappa shape index (κ1) is 23.4. The van der Waals surface area contributed by atoms with Gasteiger partial charge in [0, 0.05) is 24.4 Å². The van der Waals surface area contributed by atoms with Crippen molar-refractivity contribution in [3.63, 3.8) is 0 Å². The molecule has 1 aliphatic heterocycles. The number of aliphatic carboxylic acids is 1.